The third-order valence-electron chi connectivity index (χ3n) is 5.63. The number of ether oxygens (including phenoxy) is 1. The predicted molar refractivity (Wildman–Crippen MR) is 97.1 cm³/mol. The molecule has 0 saturated heterocycles. The summed E-state index contributed by atoms with van der Waals surface area (Å²) in [5, 5.41) is 32.1. The van der Waals surface area contributed by atoms with Gasteiger partial charge in [0.2, 0.25) is 5.78 Å². The fourth-order valence-electron chi connectivity index (χ4n) is 4.21. The van der Waals surface area contributed by atoms with Crippen molar-refractivity contribution in [2.45, 2.75) is 25.9 Å². The van der Waals surface area contributed by atoms with Crippen molar-refractivity contribution in [1.29, 1.82) is 0 Å². The van der Waals surface area contributed by atoms with Crippen LogP contribution in [-0.2, 0) is 11.2 Å². The number of benzene rings is 2. The van der Waals surface area contributed by atoms with Crippen LogP contribution in [0, 0.1) is 5.92 Å². The molecular weight excluding hydrogens is 364 g/mol. The van der Waals surface area contributed by atoms with Crippen molar-refractivity contribution >= 4 is 17.3 Å². The number of ketones is 3. The van der Waals surface area contributed by atoms with E-state index in [1.54, 1.807) is 6.07 Å². The highest BCUT2D eigenvalue weighted by atomic mass is 16.5. The Labute approximate surface area is 160 Å². The predicted octanol–water partition coefficient (Wildman–Crippen LogP) is 2.07. The fourth-order valence-corrected chi connectivity index (χ4v) is 4.21. The summed E-state index contributed by atoms with van der Waals surface area (Å²) >= 11 is 0. The second-order valence-electron chi connectivity index (χ2n) is 7.14. The van der Waals surface area contributed by atoms with Crippen molar-refractivity contribution in [3.05, 3.63) is 51.6 Å². The molecule has 2 aliphatic rings. The molecule has 0 aliphatic heterocycles. The molecule has 0 fully saturated rings. The molecule has 4 rings (SSSR count). The number of methoxy groups -OCH3 is 1. The van der Waals surface area contributed by atoms with Crippen LogP contribution in [0.15, 0.2) is 18.2 Å². The minimum Gasteiger partial charge on any atom is -0.507 e. The minimum atomic E-state index is -1.24. The second kappa shape index (κ2) is 6.17. The van der Waals surface area contributed by atoms with Gasteiger partial charge in [0.1, 0.15) is 23.0 Å². The maximum atomic E-state index is 13.1. The summed E-state index contributed by atoms with van der Waals surface area (Å²) in [5.41, 5.74) is -0.469. The summed E-state index contributed by atoms with van der Waals surface area (Å²) in [6.07, 6.45) is -1.10. The van der Waals surface area contributed by atoms with Crippen molar-refractivity contribution in [2.24, 2.45) is 5.92 Å². The number of carbonyl (C=O) groups excluding carboxylic acids is 3. The topological polar surface area (TPSA) is 121 Å². The molecule has 0 heterocycles. The van der Waals surface area contributed by atoms with E-state index in [1.807, 2.05) is 0 Å². The van der Waals surface area contributed by atoms with Crippen molar-refractivity contribution in [3.63, 3.8) is 0 Å². The Morgan fingerprint density at radius 1 is 1.07 bits per heavy atom. The summed E-state index contributed by atoms with van der Waals surface area (Å²) in [6, 6.07) is 4.53. The van der Waals surface area contributed by atoms with Crippen molar-refractivity contribution in [1.82, 2.24) is 0 Å². The zero-order valence-electron chi connectivity index (χ0n) is 15.3. The van der Waals surface area contributed by atoms with Crippen LogP contribution in [0.4, 0.5) is 0 Å². The van der Waals surface area contributed by atoms with Gasteiger partial charge in [0, 0.05) is 22.6 Å². The van der Waals surface area contributed by atoms with E-state index in [0.717, 1.165) is 0 Å². The third-order valence-corrected chi connectivity index (χ3v) is 5.63. The highest BCUT2D eigenvalue weighted by Gasteiger charge is 2.42. The molecule has 0 radical (unpaired) electrons. The van der Waals surface area contributed by atoms with Gasteiger partial charge in [-0.15, -0.1) is 0 Å². The number of aliphatic hydroxyl groups is 1. The first-order valence-corrected chi connectivity index (χ1v) is 8.83. The van der Waals surface area contributed by atoms with Crippen LogP contribution in [0.3, 0.4) is 0 Å². The zero-order valence-corrected chi connectivity index (χ0v) is 15.3. The van der Waals surface area contributed by atoms with E-state index in [2.05, 4.69) is 0 Å². The normalized spacial score (nSPS) is 20.2. The number of phenols is 2. The molecule has 0 saturated carbocycles. The van der Waals surface area contributed by atoms with Crippen LogP contribution in [0.5, 0.6) is 17.2 Å². The summed E-state index contributed by atoms with van der Waals surface area (Å²) in [7, 11) is 1.36. The van der Waals surface area contributed by atoms with Gasteiger partial charge in [0.15, 0.2) is 5.78 Å². The first kappa shape index (κ1) is 18.2. The Kier molecular flexibility index (Phi) is 4.01. The molecule has 2 atom stereocenters. The van der Waals surface area contributed by atoms with Crippen LogP contribution < -0.4 is 4.74 Å². The van der Waals surface area contributed by atoms with Crippen LogP contribution in [-0.4, -0.2) is 39.8 Å². The van der Waals surface area contributed by atoms with Crippen LogP contribution >= 0.6 is 0 Å². The molecule has 0 bridgehead atoms. The number of phenolic OH excluding ortho intramolecular Hbond substituents is 2. The molecule has 1 unspecified atom stereocenters. The largest absolute Gasteiger partial charge is 0.507 e. The smallest absolute Gasteiger partial charge is 0.202 e. The Hall–Kier alpha value is -3.19. The molecular formula is C21H18O7. The monoisotopic (exact) mass is 382 g/mol. The lowest BCUT2D eigenvalue weighted by Gasteiger charge is -2.31. The molecule has 2 aliphatic carbocycles. The number of aromatic hydroxyl groups is 2. The van der Waals surface area contributed by atoms with E-state index in [1.165, 1.54) is 26.2 Å². The van der Waals surface area contributed by atoms with Crippen molar-refractivity contribution < 1.29 is 34.4 Å². The van der Waals surface area contributed by atoms with Crippen LogP contribution in [0.25, 0.3) is 0 Å². The zero-order chi connectivity index (χ0) is 20.3. The Morgan fingerprint density at radius 3 is 2.39 bits per heavy atom. The summed E-state index contributed by atoms with van der Waals surface area (Å²) in [5.74, 6) is -2.84. The van der Waals surface area contributed by atoms with Crippen LogP contribution in [0.1, 0.15) is 62.4 Å². The number of fused-ring (bicyclic) bond motifs is 3. The average Bonchev–Trinajstić information content (AvgIpc) is 2.67. The molecule has 0 aromatic heterocycles. The summed E-state index contributed by atoms with van der Waals surface area (Å²) in [6.45, 7) is 1.38. The number of hydrogen-bond donors (Lipinski definition) is 3. The highest BCUT2D eigenvalue weighted by molar-refractivity contribution is 6.31. The van der Waals surface area contributed by atoms with E-state index in [0.29, 0.717) is 0 Å². The van der Waals surface area contributed by atoms with Gasteiger partial charge in [0.25, 0.3) is 0 Å². The first-order chi connectivity index (χ1) is 13.3. The number of rotatable bonds is 2. The van der Waals surface area contributed by atoms with Crippen molar-refractivity contribution in [3.8, 4) is 17.2 Å². The van der Waals surface area contributed by atoms with Gasteiger partial charge in [-0.25, -0.2) is 0 Å². The van der Waals surface area contributed by atoms with Gasteiger partial charge in [-0.2, -0.15) is 0 Å². The maximum absolute atomic E-state index is 13.1. The molecule has 28 heavy (non-hydrogen) atoms. The molecule has 0 amide bonds. The number of carbonyl (C=O) groups is 3. The third kappa shape index (κ3) is 2.29. The maximum Gasteiger partial charge on any atom is 0.202 e. The van der Waals surface area contributed by atoms with Gasteiger partial charge >= 0.3 is 0 Å². The van der Waals surface area contributed by atoms with E-state index >= 15 is 0 Å². The number of Topliss-reactive ketones (excluding diaryl/α,β-unsaturated/α-hetero) is 1. The van der Waals surface area contributed by atoms with Crippen molar-refractivity contribution in [2.75, 3.05) is 7.11 Å². The molecule has 144 valence electrons. The molecule has 2 aromatic rings. The van der Waals surface area contributed by atoms with Gasteiger partial charge in [-0.05, 0) is 25.8 Å². The second-order valence-corrected chi connectivity index (χ2v) is 7.14. The highest BCUT2D eigenvalue weighted by Crippen LogP contribution is 2.50. The quantitative estimate of drug-likeness (QED) is 0.580. The molecule has 7 heteroatoms. The van der Waals surface area contributed by atoms with Gasteiger partial charge in [-0.1, -0.05) is 12.1 Å². The van der Waals surface area contributed by atoms with Crippen LogP contribution in [0.2, 0.25) is 0 Å². The standard InChI is InChI=1S/C21H18O7/c1-8(22)9-6-11-14(12(23)7-9)20(26)17-16(19(11)25)18(24)10-4-3-5-13(28-2)15(10)21(17)27/h3-5,9,12,23,25-26H,6-7H2,1-2H3/t9?,12-/m0/s1. The lowest BCUT2D eigenvalue weighted by Crippen LogP contribution is -2.28. The van der Waals surface area contributed by atoms with Gasteiger partial charge in [-0.3, -0.25) is 14.4 Å². The lowest BCUT2D eigenvalue weighted by molar-refractivity contribution is -0.122. The Balaban J connectivity index is 2.02. The Morgan fingerprint density at radius 2 is 1.75 bits per heavy atom. The number of hydrogen-bond acceptors (Lipinski definition) is 7. The van der Waals surface area contributed by atoms with E-state index in [4.69, 9.17) is 4.74 Å². The van der Waals surface area contributed by atoms with Gasteiger partial charge < -0.3 is 20.1 Å². The van der Waals surface area contributed by atoms with E-state index < -0.39 is 35.1 Å². The molecule has 3 N–H and O–H groups in total. The van der Waals surface area contributed by atoms with Gasteiger partial charge in [0.05, 0.1) is 29.9 Å². The average molecular weight is 382 g/mol. The summed E-state index contributed by atoms with van der Waals surface area (Å²) < 4.78 is 5.19. The summed E-state index contributed by atoms with van der Waals surface area (Å²) in [4.78, 5) is 38.0. The molecule has 7 nitrogen and oxygen atoms in total. The Bertz CT molecular complexity index is 1070. The molecule has 2 aromatic carbocycles. The fraction of sp³-hybridized carbons (Fsp3) is 0.286. The van der Waals surface area contributed by atoms with E-state index in [-0.39, 0.29) is 57.8 Å². The lowest BCUT2D eigenvalue weighted by atomic mass is 9.74. The minimum absolute atomic E-state index is 0.00376. The van der Waals surface area contributed by atoms with E-state index in [9.17, 15) is 29.7 Å². The first-order valence-electron chi connectivity index (χ1n) is 8.83. The number of aliphatic hydroxyl groups excluding tert-OH is 1. The molecule has 0 spiro atoms. The SMILES string of the molecule is COc1cccc2c1C(=O)c1c(O)c3c(c(O)c1C2=O)CC(C(C)=O)C[C@@H]3O.